The van der Waals surface area contributed by atoms with Crippen LogP contribution in [-0.4, -0.2) is 41.5 Å². The Kier molecular flexibility index (Phi) is 9.13. The summed E-state index contributed by atoms with van der Waals surface area (Å²) >= 11 is 7.27. The fourth-order valence-corrected chi connectivity index (χ4v) is 3.72. The van der Waals surface area contributed by atoms with E-state index in [1.54, 1.807) is 12.1 Å². The molecule has 1 aromatic heterocycles. The quantitative estimate of drug-likeness (QED) is 0.785. The first-order chi connectivity index (χ1) is 11.5. The number of hydrogen-bond donors (Lipinski definition) is 1. The zero-order chi connectivity index (χ0) is 17.1. The molecule has 1 aliphatic heterocycles. The highest BCUT2D eigenvalue weighted by Crippen LogP contribution is 2.23. The molecule has 1 amide bonds. The van der Waals surface area contributed by atoms with Crippen molar-refractivity contribution < 1.29 is 9.53 Å². The number of carbonyl (C=O) groups is 1. The summed E-state index contributed by atoms with van der Waals surface area (Å²) < 4.78 is 5.72. The fourth-order valence-electron chi connectivity index (χ4n) is 2.66. The fraction of sp³-hybridized carbons (Fsp3) is 0.412. The zero-order valence-corrected chi connectivity index (χ0v) is 17.7. The van der Waals surface area contributed by atoms with E-state index >= 15 is 0 Å². The SMILES string of the molecule is Cc1nc(COc2ccc(Cl)cc2)sc1C(=O)N1CCNC[C@H]1C.Cl.Cl. The van der Waals surface area contributed by atoms with E-state index in [0.717, 1.165) is 36.1 Å². The summed E-state index contributed by atoms with van der Waals surface area (Å²) in [6.45, 7) is 6.68. The van der Waals surface area contributed by atoms with Gasteiger partial charge in [-0.3, -0.25) is 4.79 Å². The van der Waals surface area contributed by atoms with E-state index in [1.807, 2.05) is 24.0 Å². The Hall–Kier alpha value is -1.05. The van der Waals surface area contributed by atoms with Gasteiger partial charge in [-0.1, -0.05) is 11.6 Å². The maximum atomic E-state index is 12.8. The molecule has 0 aliphatic carbocycles. The van der Waals surface area contributed by atoms with Crippen LogP contribution in [0.3, 0.4) is 0 Å². The topological polar surface area (TPSA) is 54.5 Å². The van der Waals surface area contributed by atoms with E-state index in [1.165, 1.54) is 11.3 Å². The third-order valence-electron chi connectivity index (χ3n) is 3.97. The van der Waals surface area contributed by atoms with Gasteiger partial charge in [0.1, 0.15) is 22.2 Å². The standard InChI is InChI=1S/C17H20ClN3O2S.2ClH/c1-11-9-19-7-8-21(11)17(22)16-12(2)20-15(24-16)10-23-14-5-3-13(18)4-6-14;;/h3-6,11,19H,7-10H2,1-2H3;2*1H/t11-;;/m1../s1. The van der Waals surface area contributed by atoms with E-state index in [-0.39, 0.29) is 36.8 Å². The molecule has 144 valence electrons. The molecule has 0 radical (unpaired) electrons. The van der Waals surface area contributed by atoms with E-state index < -0.39 is 0 Å². The average molecular weight is 439 g/mol. The molecule has 0 unspecified atom stereocenters. The van der Waals surface area contributed by atoms with E-state index in [2.05, 4.69) is 17.2 Å². The first-order valence-electron chi connectivity index (χ1n) is 7.91. The van der Waals surface area contributed by atoms with Gasteiger partial charge in [0.05, 0.1) is 5.69 Å². The Morgan fingerprint density at radius 1 is 1.38 bits per heavy atom. The molecule has 3 rings (SSSR count). The molecule has 1 N–H and O–H groups in total. The number of aromatic nitrogens is 1. The van der Waals surface area contributed by atoms with Crippen LogP contribution in [0.4, 0.5) is 0 Å². The van der Waals surface area contributed by atoms with E-state index in [9.17, 15) is 4.79 Å². The number of nitrogens with zero attached hydrogens (tertiary/aromatic N) is 2. The van der Waals surface area contributed by atoms with Crippen LogP contribution < -0.4 is 10.1 Å². The van der Waals surface area contributed by atoms with Crippen molar-refractivity contribution in [3.05, 3.63) is 44.9 Å². The minimum atomic E-state index is 0. The summed E-state index contributed by atoms with van der Waals surface area (Å²) in [6.07, 6.45) is 0. The Morgan fingerprint density at radius 2 is 2.08 bits per heavy atom. The van der Waals surface area contributed by atoms with Gasteiger partial charge in [-0.2, -0.15) is 0 Å². The molecule has 1 atom stereocenters. The van der Waals surface area contributed by atoms with Crippen molar-refractivity contribution in [2.24, 2.45) is 0 Å². The first-order valence-corrected chi connectivity index (χ1v) is 9.10. The molecule has 0 saturated carbocycles. The summed E-state index contributed by atoms with van der Waals surface area (Å²) in [5.74, 6) is 0.799. The molecule has 1 fully saturated rings. The summed E-state index contributed by atoms with van der Waals surface area (Å²) in [4.78, 5) is 19.9. The van der Waals surface area contributed by atoms with Crippen molar-refractivity contribution in [2.45, 2.75) is 26.5 Å². The summed E-state index contributed by atoms with van der Waals surface area (Å²) in [7, 11) is 0. The van der Waals surface area contributed by atoms with Crippen LogP contribution in [0.15, 0.2) is 24.3 Å². The predicted molar refractivity (Wildman–Crippen MR) is 110 cm³/mol. The highest BCUT2D eigenvalue weighted by Gasteiger charge is 2.27. The number of thiazole rings is 1. The number of aryl methyl sites for hydroxylation is 1. The smallest absolute Gasteiger partial charge is 0.266 e. The lowest BCUT2D eigenvalue weighted by Crippen LogP contribution is -2.52. The van der Waals surface area contributed by atoms with Crippen molar-refractivity contribution in [3.8, 4) is 5.75 Å². The predicted octanol–water partition coefficient (Wildman–Crippen LogP) is 3.96. The molecule has 1 saturated heterocycles. The second kappa shape index (κ2) is 10.3. The lowest BCUT2D eigenvalue weighted by molar-refractivity contribution is 0.0660. The van der Waals surface area contributed by atoms with Gasteiger partial charge in [-0.15, -0.1) is 36.2 Å². The van der Waals surface area contributed by atoms with Crippen molar-refractivity contribution in [1.82, 2.24) is 15.2 Å². The molecular weight excluding hydrogens is 417 g/mol. The van der Waals surface area contributed by atoms with Crippen LogP contribution in [0, 0.1) is 6.92 Å². The second-order valence-electron chi connectivity index (χ2n) is 5.82. The molecule has 2 heterocycles. The average Bonchev–Trinajstić information content (AvgIpc) is 2.95. The van der Waals surface area contributed by atoms with Gasteiger partial charge in [0.25, 0.3) is 5.91 Å². The maximum Gasteiger partial charge on any atom is 0.266 e. The maximum absolute atomic E-state index is 12.8. The number of hydrogen-bond acceptors (Lipinski definition) is 5. The highest BCUT2D eigenvalue weighted by molar-refractivity contribution is 7.13. The van der Waals surface area contributed by atoms with Crippen LogP contribution in [-0.2, 0) is 6.61 Å². The molecule has 26 heavy (non-hydrogen) atoms. The van der Waals surface area contributed by atoms with Crippen LogP contribution in [0.5, 0.6) is 5.75 Å². The van der Waals surface area contributed by atoms with Crippen LogP contribution in [0.1, 0.15) is 27.3 Å². The van der Waals surface area contributed by atoms with Crippen LogP contribution in [0.2, 0.25) is 5.02 Å². The van der Waals surface area contributed by atoms with Crippen molar-refractivity contribution in [2.75, 3.05) is 19.6 Å². The summed E-state index contributed by atoms with van der Waals surface area (Å²) in [6, 6.07) is 7.39. The number of carbonyl (C=O) groups excluding carboxylic acids is 1. The van der Waals surface area contributed by atoms with Crippen molar-refractivity contribution in [3.63, 3.8) is 0 Å². The molecular formula is C17H22Cl3N3O2S. The third-order valence-corrected chi connectivity index (χ3v) is 5.34. The normalized spacial score (nSPS) is 16.4. The lowest BCUT2D eigenvalue weighted by atomic mass is 10.2. The van der Waals surface area contributed by atoms with Gasteiger partial charge in [0.2, 0.25) is 0 Å². The molecule has 0 bridgehead atoms. The minimum Gasteiger partial charge on any atom is -0.486 e. The monoisotopic (exact) mass is 437 g/mol. The minimum absolute atomic E-state index is 0. The molecule has 1 aliphatic rings. The summed E-state index contributed by atoms with van der Waals surface area (Å²) in [5.41, 5.74) is 0.769. The highest BCUT2D eigenvalue weighted by atomic mass is 35.5. The first kappa shape index (κ1) is 23.0. The number of nitrogens with one attached hydrogen (secondary N) is 1. The van der Waals surface area contributed by atoms with E-state index in [0.29, 0.717) is 16.5 Å². The number of amides is 1. The van der Waals surface area contributed by atoms with Crippen LogP contribution in [0.25, 0.3) is 0 Å². The molecule has 0 spiro atoms. The molecule has 2 aromatic rings. The van der Waals surface area contributed by atoms with Gasteiger partial charge in [0.15, 0.2) is 0 Å². The van der Waals surface area contributed by atoms with Gasteiger partial charge < -0.3 is 15.0 Å². The van der Waals surface area contributed by atoms with Gasteiger partial charge >= 0.3 is 0 Å². The number of ether oxygens (including phenoxy) is 1. The number of rotatable bonds is 4. The van der Waals surface area contributed by atoms with Crippen molar-refractivity contribution >= 4 is 53.7 Å². The van der Waals surface area contributed by atoms with Crippen molar-refractivity contribution in [1.29, 1.82) is 0 Å². The summed E-state index contributed by atoms with van der Waals surface area (Å²) in [5, 5.41) is 4.77. The van der Waals surface area contributed by atoms with Gasteiger partial charge in [-0.25, -0.2) is 4.98 Å². The van der Waals surface area contributed by atoms with Gasteiger partial charge in [-0.05, 0) is 38.1 Å². The largest absolute Gasteiger partial charge is 0.486 e. The Morgan fingerprint density at radius 3 is 2.73 bits per heavy atom. The molecule has 1 aromatic carbocycles. The zero-order valence-electron chi connectivity index (χ0n) is 14.5. The number of benzene rings is 1. The third kappa shape index (κ3) is 5.47. The lowest BCUT2D eigenvalue weighted by Gasteiger charge is -2.33. The Balaban J connectivity index is 0.00000169. The molecule has 9 heteroatoms. The second-order valence-corrected chi connectivity index (χ2v) is 7.34. The van der Waals surface area contributed by atoms with Crippen LogP contribution >= 0.6 is 47.8 Å². The number of halogens is 3. The Bertz CT molecular complexity index is 725. The van der Waals surface area contributed by atoms with E-state index in [4.69, 9.17) is 16.3 Å². The van der Waals surface area contributed by atoms with Gasteiger partial charge in [0, 0.05) is 30.7 Å². The Labute approximate surface area is 174 Å². The molecule has 5 nitrogen and oxygen atoms in total. The number of piperazine rings is 1.